The Morgan fingerprint density at radius 2 is 2.05 bits per heavy atom. The van der Waals surface area contributed by atoms with Crippen molar-refractivity contribution in [2.75, 3.05) is 18.7 Å². The van der Waals surface area contributed by atoms with Gasteiger partial charge in [0.2, 0.25) is 0 Å². The third kappa shape index (κ3) is 3.03. The fourth-order valence-corrected chi connectivity index (χ4v) is 3.58. The number of anilines is 1. The molecule has 21 heavy (non-hydrogen) atoms. The number of ether oxygens (including phenoxy) is 1. The van der Waals surface area contributed by atoms with E-state index in [2.05, 4.69) is 54.0 Å². The third-order valence-electron chi connectivity index (χ3n) is 4.10. The van der Waals surface area contributed by atoms with Gasteiger partial charge in [-0.15, -0.1) is 11.8 Å². The molecule has 110 valence electrons. The van der Waals surface area contributed by atoms with Crippen LogP contribution >= 0.6 is 11.8 Å². The van der Waals surface area contributed by atoms with E-state index in [1.54, 1.807) is 18.9 Å². The Morgan fingerprint density at radius 1 is 1.19 bits per heavy atom. The van der Waals surface area contributed by atoms with Crippen molar-refractivity contribution < 1.29 is 4.74 Å². The zero-order valence-electron chi connectivity index (χ0n) is 12.6. The zero-order valence-corrected chi connectivity index (χ0v) is 13.4. The summed E-state index contributed by atoms with van der Waals surface area (Å²) in [5, 5.41) is 3.73. The molecule has 0 amide bonds. The Kier molecular flexibility index (Phi) is 4.39. The van der Waals surface area contributed by atoms with Crippen molar-refractivity contribution in [1.29, 1.82) is 0 Å². The van der Waals surface area contributed by atoms with Crippen LogP contribution in [0.25, 0.3) is 0 Å². The number of thioether (sulfide) groups is 1. The van der Waals surface area contributed by atoms with Crippen molar-refractivity contribution >= 4 is 17.4 Å². The number of rotatable bonds is 4. The van der Waals surface area contributed by atoms with E-state index in [1.165, 1.54) is 34.6 Å². The van der Waals surface area contributed by atoms with Crippen LogP contribution in [0.1, 0.15) is 30.0 Å². The summed E-state index contributed by atoms with van der Waals surface area (Å²) in [4.78, 5) is 1.30. The van der Waals surface area contributed by atoms with Crippen molar-refractivity contribution in [3.63, 3.8) is 0 Å². The molecule has 0 spiro atoms. The molecule has 1 N–H and O–H groups in total. The van der Waals surface area contributed by atoms with Crippen LogP contribution in [-0.2, 0) is 6.42 Å². The highest BCUT2D eigenvalue weighted by Crippen LogP contribution is 2.36. The predicted molar refractivity (Wildman–Crippen MR) is 90.5 cm³/mol. The SMILES string of the molecule is COc1ccc2c(c1)CCCC2Nc1ccccc1SC. The summed E-state index contributed by atoms with van der Waals surface area (Å²) in [6, 6.07) is 15.4. The van der Waals surface area contributed by atoms with E-state index in [0.717, 1.165) is 12.2 Å². The maximum Gasteiger partial charge on any atom is 0.119 e. The second-order valence-corrected chi connectivity index (χ2v) is 6.20. The summed E-state index contributed by atoms with van der Waals surface area (Å²) >= 11 is 1.79. The van der Waals surface area contributed by atoms with Gasteiger partial charge in [-0.2, -0.15) is 0 Å². The first-order chi connectivity index (χ1) is 10.3. The molecule has 0 fully saturated rings. The number of hydrogen-bond donors (Lipinski definition) is 1. The largest absolute Gasteiger partial charge is 0.497 e. The van der Waals surface area contributed by atoms with E-state index in [9.17, 15) is 0 Å². The molecule has 0 radical (unpaired) electrons. The van der Waals surface area contributed by atoms with Crippen molar-refractivity contribution in [2.24, 2.45) is 0 Å². The monoisotopic (exact) mass is 299 g/mol. The first-order valence-electron chi connectivity index (χ1n) is 7.38. The molecule has 1 unspecified atom stereocenters. The molecule has 0 aromatic heterocycles. The summed E-state index contributed by atoms with van der Waals surface area (Å²) in [6.07, 6.45) is 5.68. The number of fused-ring (bicyclic) bond motifs is 1. The van der Waals surface area contributed by atoms with Crippen molar-refractivity contribution in [1.82, 2.24) is 0 Å². The number of methoxy groups -OCH3 is 1. The molecule has 2 nitrogen and oxygen atoms in total. The van der Waals surface area contributed by atoms with E-state index in [4.69, 9.17) is 4.74 Å². The molecule has 0 saturated carbocycles. The molecule has 0 bridgehead atoms. The summed E-state index contributed by atoms with van der Waals surface area (Å²) < 4.78 is 5.35. The van der Waals surface area contributed by atoms with E-state index < -0.39 is 0 Å². The lowest BCUT2D eigenvalue weighted by Crippen LogP contribution is -2.17. The van der Waals surface area contributed by atoms with Gasteiger partial charge in [-0.05, 0) is 60.9 Å². The maximum absolute atomic E-state index is 5.35. The fourth-order valence-electron chi connectivity index (χ4n) is 3.02. The van der Waals surface area contributed by atoms with Gasteiger partial charge < -0.3 is 10.1 Å². The minimum absolute atomic E-state index is 0.396. The lowest BCUT2D eigenvalue weighted by Gasteiger charge is -2.28. The lowest BCUT2D eigenvalue weighted by atomic mass is 9.87. The minimum Gasteiger partial charge on any atom is -0.497 e. The number of nitrogens with one attached hydrogen (secondary N) is 1. The highest BCUT2D eigenvalue weighted by molar-refractivity contribution is 7.98. The highest BCUT2D eigenvalue weighted by Gasteiger charge is 2.21. The van der Waals surface area contributed by atoms with Crippen LogP contribution in [0.5, 0.6) is 5.75 Å². The van der Waals surface area contributed by atoms with Gasteiger partial charge in [-0.25, -0.2) is 0 Å². The van der Waals surface area contributed by atoms with Gasteiger partial charge in [0.25, 0.3) is 0 Å². The zero-order chi connectivity index (χ0) is 14.7. The summed E-state index contributed by atoms with van der Waals surface area (Å²) in [5.74, 6) is 0.957. The second kappa shape index (κ2) is 6.44. The Morgan fingerprint density at radius 3 is 2.86 bits per heavy atom. The molecular formula is C18H21NOS. The molecule has 3 rings (SSSR count). The summed E-state index contributed by atoms with van der Waals surface area (Å²) in [5.41, 5.74) is 4.07. The number of hydrogen-bond acceptors (Lipinski definition) is 3. The Bertz CT molecular complexity index is 626. The van der Waals surface area contributed by atoms with Crippen LogP contribution < -0.4 is 10.1 Å². The van der Waals surface area contributed by atoms with Crippen LogP contribution in [-0.4, -0.2) is 13.4 Å². The fraction of sp³-hybridized carbons (Fsp3) is 0.333. The van der Waals surface area contributed by atoms with Crippen molar-refractivity contribution in [3.05, 3.63) is 53.6 Å². The topological polar surface area (TPSA) is 21.3 Å². The number of para-hydroxylation sites is 1. The van der Waals surface area contributed by atoms with Gasteiger partial charge in [-0.3, -0.25) is 0 Å². The molecule has 1 aliphatic rings. The first-order valence-corrected chi connectivity index (χ1v) is 8.60. The molecule has 0 saturated heterocycles. The van der Waals surface area contributed by atoms with Gasteiger partial charge in [0.15, 0.2) is 0 Å². The van der Waals surface area contributed by atoms with E-state index in [-0.39, 0.29) is 0 Å². The average molecular weight is 299 g/mol. The Labute approximate surface area is 130 Å². The molecular weight excluding hydrogens is 278 g/mol. The van der Waals surface area contributed by atoms with Crippen LogP contribution in [0.4, 0.5) is 5.69 Å². The molecule has 2 aromatic carbocycles. The predicted octanol–water partition coefficient (Wildman–Crippen LogP) is 4.91. The van der Waals surface area contributed by atoms with E-state index >= 15 is 0 Å². The van der Waals surface area contributed by atoms with Crippen molar-refractivity contribution in [2.45, 2.75) is 30.2 Å². The van der Waals surface area contributed by atoms with Gasteiger partial charge >= 0.3 is 0 Å². The van der Waals surface area contributed by atoms with Crippen LogP contribution in [0.15, 0.2) is 47.4 Å². The van der Waals surface area contributed by atoms with Gasteiger partial charge in [0.1, 0.15) is 5.75 Å². The molecule has 0 aliphatic heterocycles. The summed E-state index contributed by atoms with van der Waals surface area (Å²) in [7, 11) is 1.73. The molecule has 0 heterocycles. The minimum atomic E-state index is 0.396. The normalized spacial score (nSPS) is 17.1. The molecule has 1 atom stereocenters. The standard InChI is InChI=1S/C18H21NOS/c1-20-14-10-11-15-13(12-14)6-5-8-16(15)19-17-7-3-4-9-18(17)21-2/h3-4,7,9-12,16,19H,5-6,8H2,1-2H3. The second-order valence-electron chi connectivity index (χ2n) is 5.35. The van der Waals surface area contributed by atoms with Crippen LogP contribution in [0.3, 0.4) is 0 Å². The van der Waals surface area contributed by atoms with Crippen LogP contribution in [0.2, 0.25) is 0 Å². The Balaban J connectivity index is 1.88. The van der Waals surface area contributed by atoms with Gasteiger partial charge in [-0.1, -0.05) is 18.2 Å². The highest BCUT2D eigenvalue weighted by atomic mass is 32.2. The molecule has 1 aliphatic carbocycles. The molecule has 3 heteroatoms. The van der Waals surface area contributed by atoms with E-state index in [0.29, 0.717) is 6.04 Å². The van der Waals surface area contributed by atoms with Gasteiger partial charge in [0, 0.05) is 10.6 Å². The quantitative estimate of drug-likeness (QED) is 0.811. The first kappa shape index (κ1) is 14.3. The van der Waals surface area contributed by atoms with E-state index in [1.807, 2.05) is 0 Å². The maximum atomic E-state index is 5.35. The summed E-state index contributed by atoms with van der Waals surface area (Å²) in [6.45, 7) is 0. The third-order valence-corrected chi connectivity index (χ3v) is 4.90. The van der Waals surface area contributed by atoms with Crippen LogP contribution in [0, 0.1) is 0 Å². The Hall–Kier alpha value is -1.61. The molecule has 2 aromatic rings. The van der Waals surface area contributed by atoms with Crippen molar-refractivity contribution in [3.8, 4) is 5.75 Å². The van der Waals surface area contributed by atoms with Gasteiger partial charge in [0.05, 0.1) is 13.2 Å². The average Bonchev–Trinajstić information content (AvgIpc) is 2.55. The number of aryl methyl sites for hydroxylation is 1. The number of benzene rings is 2. The lowest BCUT2D eigenvalue weighted by molar-refractivity contribution is 0.413. The smallest absolute Gasteiger partial charge is 0.119 e.